The van der Waals surface area contributed by atoms with Crippen molar-refractivity contribution in [3.8, 4) is 0 Å². The third-order valence-electron chi connectivity index (χ3n) is 2.13. The molecule has 0 spiro atoms. The smallest absolute Gasteiger partial charge is 0.319 e. The minimum Gasteiger partial charge on any atom is -0.332 e. The summed E-state index contributed by atoms with van der Waals surface area (Å²) in [6.45, 7) is 0.320. The number of urea groups is 1. The van der Waals surface area contributed by atoms with Gasteiger partial charge in [0.25, 0.3) is 0 Å². The summed E-state index contributed by atoms with van der Waals surface area (Å²) in [7, 11) is 0. The number of nitrogens with one attached hydrogen (secondary N) is 2. The molecule has 0 fully saturated rings. The maximum atomic E-state index is 11.6. The molecule has 0 aliphatic rings. The second kappa shape index (κ2) is 5.97. The van der Waals surface area contributed by atoms with Crippen LogP contribution in [0.15, 0.2) is 42.9 Å². The Morgan fingerprint density at radius 3 is 2.94 bits per heavy atom. The van der Waals surface area contributed by atoms with Gasteiger partial charge in [0.15, 0.2) is 0 Å². The van der Waals surface area contributed by atoms with Crippen LogP contribution < -0.4 is 10.6 Å². The van der Waals surface area contributed by atoms with Crippen LogP contribution in [0, 0.1) is 0 Å². The Morgan fingerprint density at radius 2 is 2.22 bits per heavy atom. The summed E-state index contributed by atoms with van der Waals surface area (Å²) in [5.74, 6) is 0. The molecule has 6 heteroatoms. The van der Waals surface area contributed by atoms with Crippen molar-refractivity contribution in [1.29, 1.82) is 0 Å². The van der Waals surface area contributed by atoms with E-state index in [2.05, 4.69) is 20.6 Å². The molecule has 0 saturated carbocycles. The summed E-state index contributed by atoms with van der Waals surface area (Å²) in [6, 6.07) is 6.62. The van der Waals surface area contributed by atoms with Gasteiger partial charge in [-0.05, 0) is 18.2 Å². The molecule has 0 unspecified atom stereocenters. The second-order valence-corrected chi connectivity index (χ2v) is 3.95. The van der Waals surface area contributed by atoms with Gasteiger partial charge < -0.3 is 10.6 Å². The Bertz CT molecular complexity index is 533. The van der Waals surface area contributed by atoms with Gasteiger partial charge in [-0.15, -0.1) is 0 Å². The lowest BCUT2D eigenvalue weighted by molar-refractivity contribution is 0.251. The first-order valence-corrected chi connectivity index (χ1v) is 5.67. The van der Waals surface area contributed by atoms with Crippen LogP contribution >= 0.6 is 11.6 Å². The van der Waals surface area contributed by atoms with Crippen molar-refractivity contribution in [2.24, 2.45) is 0 Å². The van der Waals surface area contributed by atoms with E-state index >= 15 is 0 Å². The van der Waals surface area contributed by atoms with Crippen molar-refractivity contribution in [2.75, 3.05) is 5.32 Å². The molecule has 18 heavy (non-hydrogen) atoms. The van der Waals surface area contributed by atoms with E-state index in [0.29, 0.717) is 22.9 Å². The molecule has 0 saturated heterocycles. The first-order valence-electron chi connectivity index (χ1n) is 5.29. The van der Waals surface area contributed by atoms with Gasteiger partial charge in [-0.3, -0.25) is 9.97 Å². The molecule has 0 bridgehead atoms. The van der Waals surface area contributed by atoms with Crippen LogP contribution in [0.1, 0.15) is 5.69 Å². The maximum absolute atomic E-state index is 11.6. The highest BCUT2D eigenvalue weighted by Gasteiger charge is 2.02. The highest BCUT2D eigenvalue weighted by atomic mass is 35.5. The third kappa shape index (κ3) is 3.71. The minimum atomic E-state index is -0.317. The van der Waals surface area contributed by atoms with Crippen LogP contribution in [0.2, 0.25) is 5.02 Å². The number of anilines is 1. The predicted octanol–water partition coefficient (Wildman–Crippen LogP) is 2.45. The number of benzene rings is 1. The minimum absolute atomic E-state index is 0.317. The van der Waals surface area contributed by atoms with Gasteiger partial charge in [0, 0.05) is 23.1 Å². The number of nitrogens with zero attached hydrogens (tertiary/aromatic N) is 2. The molecule has 1 heterocycles. The van der Waals surface area contributed by atoms with Crippen LogP contribution in [-0.4, -0.2) is 16.0 Å². The Kier molecular flexibility index (Phi) is 4.09. The molecule has 0 aliphatic heterocycles. The predicted molar refractivity (Wildman–Crippen MR) is 69.3 cm³/mol. The lowest BCUT2D eigenvalue weighted by Gasteiger charge is -2.07. The Labute approximate surface area is 109 Å². The highest BCUT2D eigenvalue weighted by molar-refractivity contribution is 6.30. The fourth-order valence-electron chi connectivity index (χ4n) is 1.33. The lowest BCUT2D eigenvalue weighted by Crippen LogP contribution is -2.28. The summed E-state index contributed by atoms with van der Waals surface area (Å²) >= 11 is 5.81. The van der Waals surface area contributed by atoms with Gasteiger partial charge in [-0.25, -0.2) is 4.79 Å². The summed E-state index contributed by atoms with van der Waals surface area (Å²) in [5, 5.41) is 5.91. The van der Waals surface area contributed by atoms with Crippen molar-refractivity contribution in [3.05, 3.63) is 53.6 Å². The van der Waals surface area contributed by atoms with E-state index in [1.807, 2.05) is 0 Å². The van der Waals surface area contributed by atoms with Crippen molar-refractivity contribution >= 4 is 23.3 Å². The summed E-state index contributed by atoms with van der Waals surface area (Å²) in [5.41, 5.74) is 1.33. The SMILES string of the molecule is O=C(NCc1cnccn1)Nc1cccc(Cl)c1. The van der Waals surface area contributed by atoms with Crippen molar-refractivity contribution in [3.63, 3.8) is 0 Å². The summed E-state index contributed by atoms with van der Waals surface area (Å²) in [4.78, 5) is 19.5. The molecule has 1 aromatic carbocycles. The molecule has 0 aliphatic carbocycles. The van der Waals surface area contributed by atoms with Gasteiger partial charge >= 0.3 is 6.03 Å². The molecular weight excluding hydrogens is 252 g/mol. The Hall–Kier alpha value is -2.14. The molecule has 2 N–H and O–H groups in total. The summed E-state index contributed by atoms with van der Waals surface area (Å²) < 4.78 is 0. The quantitative estimate of drug-likeness (QED) is 0.893. The molecule has 2 aromatic rings. The van der Waals surface area contributed by atoms with E-state index in [0.717, 1.165) is 0 Å². The number of halogens is 1. The van der Waals surface area contributed by atoms with E-state index in [-0.39, 0.29) is 6.03 Å². The highest BCUT2D eigenvalue weighted by Crippen LogP contribution is 2.14. The average molecular weight is 263 g/mol. The van der Waals surface area contributed by atoms with Crippen molar-refractivity contribution in [2.45, 2.75) is 6.54 Å². The van der Waals surface area contributed by atoms with Crippen LogP contribution in [0.5, 0.6) is 0 Å². The maximum Gasteiger partial charge on any atom is 0.319 e. The van der Waals surface area contributed by atoms with Gasteiger partial charge in [-0.2, -0.15) is 0 Å². The zero-order valence-corrected chi connectivity index (χ0v) is 10.2. The average Bonchev–Trinajstić information content (AvgIpc) is 2.38. The van der Waals surface area contributed by atoms with E-state index < -0.39 is 0 Å². The first kappa shape index (κ1) is 12.3. The van der Waals surface area contributed by atoms with Crippen LogP contribution in [0.4, 0.5) is 10.5 Å². The van der Waals surface area contributed by atoms with Crippen molar-refractivity contribution in [1.82, 2.24) is 15.3 Å². The van der Waals surface area contributed by atoms with Gasteiger partial charge in [0.1, 0.15) is 0 Å². The van der Waals surface area contributed by atoms with E-state index in [4.69, 9.17) is 11.6 Å². The molecular formula is C12H11ClN4O. The van der Waals surface area contributed by atoms with Gasteiger partial charge in [0.05, 0.1) is 18.4 Å². The second-order valence-electron chi connectivity index (χ2n) is 3.51. The molecule has 2 amide bonds. The molecule has 0 radical (unpaired) electrons. The van der Waals surface area contributed by atoms with Crippen LogP contribution in [0.25, 0.3) is 0 Å². The van der Waals surface area contributed by atoms with Gasteiger partial charge in [-0.1, -0.05) is 17.7 Å². The largest absolute Gasteiger partial charge is 0.332 e. The molecule has 92 valence electrons. The number of amides is 2. The van der Waals surface area contributed by atoms with E-state index in [9.17, 15) is 4.79 Å². The standard InChI is InChI=1S/C12H11ClN4O/c13-9-2-1-3-10(6-9)17-12(18)16-8-11-7-14-4-5-15-11/h1-7H,8H2,(H2,16,17,18). The first-order chi connectivity index (χ1) is 8.74. The summed E-state index contributed by atoms with van der Waals surface area (Å²) in [6.07, 6.45) is 4.75. The fourth-order valence-corrected chi connectivity index (χ4v) is 1.52. The topological polar surface area (TPSA) is 66.9 Å². The Morgan fingerprint density at radius 1 is 1.33 bits per heavy atom. The molecule has 0 atom stereocenters. The number of carbonyl (C=O) groups excluding carboxylic acids is 1. The number of aromatic nitrogens is 2. The normalized spacial score (nSPS) is 9.83. The Balaban J connectivity index is 1.86. The zero-order chi connectivity index (χ0) is 12.8. The number of rotatable bonds is 3. The zero-order valence-electron chi connectivity index (χ0n) is 9.43. The van der Waals surface area contributed by atoms with Gasteiger partial charge in [0.2, 0.25) is 0 Å². The number of carbonyl (C=O) groups is 1. The molecule has 1 aromatic heterocycles. The molecule has 5 nitrogen and oxygen atoms in total. The monoisotopic (exact) mass is 262 g/mol. The number of hydrogen-bond donors (Lipinski definition) is 2. The lowest BCUT2D eigenvalue weighted by atomic mass is 10.3. The van der Waals surface area contributed by atoms with Crippen LogP contribution in [0.3, 0.4) is 0 Å². The number of hydrogen-bond acceptors (Lipinski definition) is 3. The fraction of sp³-hybridized carbons (Fsp3) is 0.0833. The molecule has 2 rings (SSSR count). The van der Waals surface area contributed by atoms with E-state index in [1.54, 1.807) is 42.9 Å². The van der Waals surface area contributed by atoms with Crippen molar-refractivity contribution < 1.29 is 4.79 Å². The van der Waals surface area contributed by atoms with E-state index in [1.165, 1.54) is 0 Å². The third-order valence-corrected chi connectivity index (χ3v) is 2.36. The van der Waals surface area contributed by atoms with Crippen LogP contribution in [-0.2, 0) is 6.54 Å².